The molecule has 0 aliphatic carbocycles. The fraction of sp³-hybridized carbons (Fsp3) is 0.375. The van der Waals surface area contributed by atoms with Crippen LogP contribution < -0.4 is 10.1 Å². The average Bonchev–Trinajstić information content (AvgIpc) is 2.91. The molecule has 0 radical (unpaired) electrons. The normalized spacial score (nSPS) is 12.0. The number of rotatable bonds is 6. The lowest BCUT2D eigenvalue weighted by Gasteiger charge is -2.15. The number of carbonyl (C=O) groups excluding carboxylic acids is 1. The first-order chi connectivity index (χ1) is 10.1. The van der Waals surface area contributed by atoms with Gasteiger partial charge >= 0.3 is 0 Å². The van der Waals surface area contributed by atoms with Crippen molar-refractivity contribution in [3.63, 3.8) is 0 Å². The summed E-state index contributed by atoms with van der Waals surface area (Å²) in [5.74, 6) is 1.53. The van der Waals surface area contributed by atoms with Gasteiger partial charge in [0.25, 0.3) is 0 Å². The standard InChI is InChI=1S/C16H21N3O2/c1-4-14(16-17-10-11(2)18-16)19-15(20)9-12-6-5-7-13(8-12)21-3/h5-8,10,14H,4,9H2,1-3H3,(H,17,18)(H,19,20)/t14-/m0/s1. The van der Waals surface area contributed by atoms with Gasteiger partial charge in [-0.05, 0) is 31.0 Å². The number of H-pyrrole nitrogens is 1. The van der Waals surface area contributed by atoms with E-state index in [-0.39, 0.29) is 11.9 Å². The van der Waals surface area contributed by atoms with Crippen molar-refractivity contribution in [2.75, 3.05) is 7.11 Å². The Labute approximate surface area is 124 Å². The highest BCUT2D eigenvalue weighted by Crippen LogP contribution is 2.15. The van der Waals surface area contributed by atoms with Crippen molar-refractivity contribution in [1.82, 2.24) is 15.3 Å². The van der Waals surface area contributed by atoms with E-state index in [2.05, 4.69) is 15.3 Å². The Balaban J connectivity index is 1.99. The van der Waals surface area contributed by atoms with Crippen LogP contribution in [0.2, 0.25) is 0 Å². The molecule has 2 aromatic rings. The molecule has 0 spiro atoms. The minimum Gasteiger partial charge on any atom is -0.497 e. The van der Waals surface area contributed by atoms with Gasteiger partial charge in [0.1, 0.15) is 11.6 Å². The molecular formula is C16H21N3O2. The van der Waals surface area contributed by atoms with Gasteiger partial charge in [0, 0.05) is 11.9 Å². The second kappa shape index (κ2) is 6.92. The fourth-order valence-corrected chi connectivity index (χ4v) is 2.19. The summed E-state index contributed by atoms with van der Waals surface area (Å²) < 4.78 is 5.16. The summed E-state index contributed by atoms with van der Waals surface area (Å²) in [6.07, 6.45) is 2.89. The lowest BCUT2D eigenvalue weighted by atomic mass is 10.1. The van der Waals surface area contributed by atoms with E-state index in [1.807, 2.05) is 38.1 Å². The number of aromatic nitrogens is 2. The minimum atomic E-state index is -0.0863. The Morgan fingerprint density at radius 3 is 2.90 bits per heavy atom. The molecule has 1 aromatic carbocycles. The molecule has 0 fully saturated rings. The predicted octanol–water partition coefficient (Wildman–Crippen LogP) is 2.54. The van der Waals surface area contributed by atoms with E-state index in [4.69, 9.17) is 4.74 Å². The van der Waals surface area contributed by atoms with Gasteiger partial charge in [0.2, 0.25) is 5.91 Å². The second-order valence-electron chi connectivity index (χ2n) is 5.01. The monoisotopic (exact) mass is 287 g/mol. The number of imidazole rings is 1. The summed E-state index contributed by atoms with van der Waals surface area (Å²) in [4.78, 5) is 19.6. The van der Waals surface area contributed by atoms with Gasteiger partial charge in [-0.25, -0.2) is 4.98 Å². The molecule has 1 amide bonds. The Morgan fingerprint density at radius 1 is 1.48 bits per heavy atom. The van der Waals surface area contributed by atoms with Crippen molar-refractivity contribution < 1.29 is 9.53 Å². The van der Waals surface area contributed by atoms with Crippen molar-refractivity contribution in [2.24, 2.45) is 0 Å². The SMILES string of the molecule is CC[C@H](NC(=O)Cc1cccc(OC)c1)c1ncc(C)[nH]1. The molecule has 2 rings (SSSR count). The quantitative estimate of drug-likeness (QED) is 0.858. The summed E-state index contributed by atoms with van der Waals surface area (Å²) in [6, 6.07) is 7.45. The number of amides is 1. The molecule has 0 unspecified atom stereocenters. The third-order valence-electron chi connectivity index (χ3n) is 3.29. The zero-order valence-corrected chi connectivity index (χ0v) is 12.6. The van der Waals surface area contributed by atoms with E-state index < -0.39 is 0 Å². The Morgan fingerprint density at radius 2 is 2.29 bits per heavy atom. The first-order valence-electron chi connectivity index (χ1n) is 7.06. The Hall–Kier alpha value is -2.30. The highest BCUT2D eigenvalue weighted by atomic mass is 16.5. The molecule has 5 heteroatoms. The minimum absolute atomic E-state index is 0.0239. The summed E-state index contributed by atoms with van der Waals surface area (Å²) >= 11 is 0. The number of aromatic amines is 1. The highest BCUT2D eigenvalue weighted by molar-refractivity contribution is 5.79. The second-order valence-corrected chi connectivity index (χ2v) is 5.01. The maximum atomic E-state index is 12.2. The van der Waals surface area contributed by atoms with Crippen molar-refractivity contribution in [3.8, 4) is 5.75 Å². The number of methoxy groups -OCH3 is 1. The summed E-state index contributed by atoms with van der Waals surface area (Å²) in [5, 5.41) is 3.01. The van der Waals surface area contributed by atoms with E-state index in [1.54, 1.807) is 13.3 Å². The first kappa shape index (κ1) is 15.1. The Bertz CT molecular complexity index is 607. The van der Waals surface area contributed by atoms with Gasteiger partial charge in [-0.3, -0.25) is 4.79 Å². The molecule has 112 valence electrons. The predicted molar refractivity (Wildman–Crippen MR) is 81.2 cm³/mol. The van der Waals surface area contributed by atoms with E-state index in [0.29, 0.717) is 6.42 Å². The van der Waals surface area contributed by atoms with Crippen LogP contribution in [0.5, 0.6) is 5.75 Å². The smallest absolute Gasteiger partial charge is 0.225 e. The third kappa shape index (κ3) is 4.08. The number of ether oxygens (including phenoxy) is 1. The van der Waals surface area contributed by atoms with Crippen molar-refractivity contribution in [2.45, 2.75) is 32.7 Å². The van der Waals surface area contributed by atoms with Crippen LogP contribution in [0.1, 0.15) is 36.5 Å². The van der Waals surface area contributed by atoms with Crippen molar-refractivity contribution in [1.29, 1.82) is 0 Å². The molecule has 1 aromatic heterocycles. The lowest BCUT2D eigenvalue weighted by Crippen LogP contribution is -2.30. The molecule has 21 heavy (non-hydrogen) atoms. The van der Waals surface area contributed by atoms with Crippen LogP contribution in [-0.4, -0.2) is 23.0 Å². The topological polar surface area (TPSA) is 67.0 Å². The fourth-order valence-electron chi connectivity index (χ4n) is 2.19. The number of nitrogens with one attached hydrogen (secondary N) is 2. The van der Waals surface area contributed by atoms with Crippen LogP contribution in [0.25, 0.3) is 0 Å². The number of hydrogen-bond donors (Lipinski definition) is 2. The molecular weight excluding hydrogens is 266 g/mol. The third-order valence-corrected chi connectivity index (χ3v) is 3.29. The molecule has 1 atom stereocenters. The zero-order chi connectivity index (χ0) is 15.2. The number of carbonyl (C=O) groups is 1. The maximum absolute atomic E-state index is 12.2. The first-order valence-corrected chi connectivity index (χ1v) is 7.06. The number of hydrogen-bond acceptors (Lipinski definition) is 3. The van der Waals surface area contributed by atoms with E-state index in [0.717, 1.165) is 29.3 Å². The average molecular weight is 287 g/mol. The van der Waals surface area contributed by atoms with Crippen LogP contribution >= 0.6 is 0 Å². The molecule has 0 aliphatic heterocycles. The van der Waals surface area contributed by atoms with Crippen LogP contribution in [0.4, 0.5) is 0 Å². The van der Waals surface area contributed by atoms with Crippen LogP contribution in [0, 0.1) is 6.92 Å². The maximum Gasteiger partial charge on any atom is 0.225 e. The van der Waals surface area contributed by atoms with Crippen molar-refractivity contribution in [3.05, 3.63) is 47.5 Å². The van der Waals surface area contributed by atoms with Crippen LogP contribution in [0.3, 0.4) is 0 Å². The number of benzene rings is 1. The highest BCUT2D eigenvalue weighted by Gasteiger charge is 2.15. The van der Waals surface area contributed by atoms with Gasteiger partial charge in [0.05, 0.1) is 19.6 Å². The number of nitrogens with zero attached hydrogens (tertiary/aromatic N) is 1. The summed E-state index contributed by atoms with van der Waals surface area (Å²) in [7, 11) is 1.62. The Kier molecular flexibility index (Phi) is 4.98. The molecule has 0 bridgehead atoms. The molecule has 5 nitrogen and oxygen atoms in total. The molecule has 0 saturated heterocycles. The van der Waals surface area contributed by atoms with Gasteiger partial charge in [-0.15, -0.1) is 0 Å². The van der Waals surface area contributed by atoms with Gasteiger partial charge in [0.15, 0.2) is 0 Å². The van der Waals surface area contributed by atoms with E-state index in [1.165, 1.54) is 0 Å². The van der Waals surface area contributed by atoms with E-state index in [9.17, 15) is 4.79 Å². The van der Waals surface area contributed by atoms with Gasteiger partial charge < -0.3 is 15.0 Å². The molecule has 2 N–H and O–H groups in total. The molecule has 0 saturated carbocycles. The molecule has 0 aliphatic rings. The zero-order valence-electron chi connectivity index (χ0n) is 12.6. The van der Waals surface area contributed by atoms with Crippen LogP contribution in [0.15, 0.2) is 30.5 Å². The summed E-state index contributed by atoms with van der Waals surface area (Å²) in [5.41, 5.74) is 1.92. The van der Waals surface area contributed by atoms with Gasteiger partial charge in [-0.2, -0.15) is 0 Å². The van der Waals surface area contributed by atoms with Gasteiger partial charge in [-0.1, -0.05) is 19.1 Å². The number of aryl methyl sites for hydroxylation is 1. The lowest BCUT2D eigenvalue weighted by molar-refractivity contribution is -0.121. The van der Waals surface area contributed by atoms with Crippen LogP contribution in [-0.2, 0) is 11.2 Å². The van der Waals surface area contributed by atoms with Crippen molar-refractivity contribution >= 4 is 5.91 Å². The van der Waals surface area contributed by atoms with E-state index >= 15 is 0 Å². The summed E-state index contributed by atoms with van der Waals surface area (Å²) in [6.45, 7) is 3.97. The molecule has 1 heterocycles. The largest absolute Gasteiger partial charge is 0.497 e.